The molecule has 4 heteroatoms. The summed E-state index contributed by atoms with van der Waals surface area (Å²) in [6, 6.07) is 7.94. The molecular weight excluding hydrogens is 242 g/mol. The smallest absolute Gasteiger partial charge is 0.330 e. The molecule has 0 amide bonds. The van der Waals surface area contributed by atoms with Crippen LogP contribution in [0.3, 0.4) is 0 Å². The predicted octanol–water partition coefficient (Wildman–Crippen LogP) is 1.73. The van der Waals surface area contributed by atoms with E-state index < -0.39 is 0 Å². The monoisotopic (exact) mass is 263 g/mol. The number of hydrogen-bond acceptors (Lipinski definition) is 4. The maximum absolute atomic E-state index is 11.1. The summed E-state index contributed by atoms with van der Waals surface area (Å²) in [5, 5.41) is 11.9. The molecule has 4 nitrogen and oxygen atoms in total. The van der Waals surface area contributed by atoms with E-state index in [1.54, 1.807) is 13.0 Å². The van der Waals surface area contributed by atoms with Crippen molar-refractivity contribution in [2.75, 3.05) is 19.8 Å². The van der Waals surface area contributed by atoms with Crippen LogP contribution in [0.2, 0.25) is 0 Å². The van der Waals surface area contributed by atoms with Crippen LogP contribution in [-0.4, -0.2) is 30.8 Å². The fourth-order valence-electron chi connectivity index (χ4n) is 1.54. The van der Waals surface area contributed by atoms with Gasteiger partial charge < -0.3 is 15.2 Å². The fourth-order valence-corrected chi connectivity index (χ4v) is 1.54. The molecule has 0 heterocycles. The Bertz CT molecular complexity index is 398. The normalized spacial score (nSPS) is 10.8. The molecule has 0 aliphatic carbocycles. The van der Waals surface area contributed by atoms with E-state index in [4.69, 9.17) is 9.84 Å². The Hall–Kier alpha value is -1.65. The van der Waals surface area contributed by atoms with Crippen molar-refractivity contribution in [2.24, 2.45) is 0 Å². The van der Waals surface area contributed by atoms with Gasteiger partial charge in [0.25, 0.3) is 0 Å². The lowest BCUT2D eigenvalue weighted by atomic mass is 10.1. The summed E-state index contributed by atoms with van der Waals surface area (Å²) in [6.45, 7) is 3.97. The van der Waals surface area contributed by atoms with Gasteiger partial charge in [-0.1, -0.05) is 24.3 Å². The van der Waals surface area contributed by atoms with Crippen LogP contribution in [0.15, 0.2) is 30.3 Å². The average Bonchev–Trinajstić information content (AvgIpc) is 2.43. The Morgan fingerprint density at radius 2 is 2.11 bits per heavy atom. The van der Waals surface area contributed by atoms with Gasteiger partial charge in [-0.2, -0.15) is 0 Å². The molecule has 0 bridgehead atoms. The summed E-state index contributed by atoms with van der Waals surface area (Å²) in [7, 11) is 0. The van der Waals surface area contributed by atoms with Crippen LogP contribution >= 0.6 is 0 Å². The number of carbonyl (C=O) groups excluding carboxylic acids is 1. The van der Waals surface area contributed by atoms with Crippen LogP contribution in [0.25, 0.3) is 6.08 Å². The van der Waals surface area contributed by atoms with Gasteiger partial charge in [0.2, 0.25) is 0 Å². The van der Waals surface area contributed by atoms with E-state index in [2.05, 4.69) is 5.32 Å². The SMILES string of the molecule is CCOC(=O)/C=C/c1ccc(CNCCCO)cc1. The van der Waals surface area contributed by atoms with Crippen molar-refractivity contribution >= 4 is 12.0 Å². The molecule has 0 aromatic heterocycles. The summed E-state index contributed by atoms with van der Waals surface area (Å²) >= 11 is 0. The second-order valence-electron chi connectivity index (χ2n) is 4.08. The van der Waals surface area contributed by atoms with Crippen molar-refractivity contribution in [3.8, 4) is 0 Å². The minimum absolute atomic E-state index is 0.213. The lowest BCUT2D eigenvalue weighted by Gasteiger charge is -2.04. The summed E-state index contributed by atoms with van der Waals surface area (Å²) in [5.74, 6) is -0.322. The third-order valence-corrected chi connectivity index (χ3v) is 2.52. The van der Waals surface area contributed by atoms with Gasteiger partial charge in [-0.3, -0.25) is 0 Å². The van der Waals surface area contributed by atoms with Crippen molar-refractivity contribution in [3.05, 3.63) is 41.5 Å². The van der Waals surface area contributed by atoms with E-state index in [1.165, 1.54) is 11.6 Å². The molecule has 0 aliphatic rings. The molecule has 0 saturated carbocycles. The van der Waals surface area contributed by atoms with Crippen LogP contribution < -0.4 is 5.32 Å². The van der Waals surface area contributed by atoms with E-state index >= 15 is 0 Å². The lowest BCUT2D eigenvalue weighted by molar-refractivity contribution is -0.137. The minimum atomic E-state index is -0.322. The van der Waals surface area contributed by atoms with Crippen molar-refractivity contribution in [3.63, 3.8) is 0 Å². The molecule has 0 unspecified atom stereocenters. The van der Waals surface area contributed by atoms with Crippen LogP contribution in [-0.2, 0) is 16.1 Å². The lowest BCUT2D eigenvalue weighted by Crippen LogP contribution is -2.15. The fraction of sp³-hybridized carbons (Fsp3) is 0.400. The van der Waals surface area contributed by atoms with Crippen LogP contribution in [0.1, 0.15) is 24.5 Å². The second kappa shape index (κ2) is 9.30. The molecule has 0 radical (unpaired) electrons. The first-order valence-corrected chi connectivity index (χ1v) is 6.51. The van der Waals surface area contributed by atoms with Crippen molar-refractivity contribution < 1.29 is 14.6 Å². The Morgan fingerprint density at radius 3 is 2.74 bits per heavy atom. The van der Waals surface area contributed by atoms with E-state index in [-0.39, 0.29) is 12.6 Å². The summed E-state index contributed by atoms with van der Waals surface area (Å²) < 4.78 is 4.81. The molecule has 1 aromatic carbocycles. The summed E-state index contributed by atoms with van der Waals surface area (Å²) in [5.41, 5.74) is 2.14. The number of carbonyl (C=O) groups is 1. The molecule has 2 N–H and O–H groups in total. The highest BCUT2D eigenvalue weighted by molar-refractivity contribution is 5.86. The molecule has 0 fully saturated rings. The van der Waals surface area contributed by atoms with Crippen LogP contribution in [0.4, 0.5) is 0 Å². The van der Waals surface area contributed by atoms with E-state index in [9.17, 15) is 4.79 Å². The first-order valence-electron chi connectivity index (χ1n) is 6.51. The van der Waals surface area contributed by atoms with E-state index in [0.717, 1.165) is 25.1 Å². The third-order valence-electron chi connectivity index (χ3n) is 2.52. The Balaban J connectivity index is 2.40. The Morgan fingerprint density at radius 1 is 1.37 bits per heavy atom. The number of ether oxygens (including phenoxy) is 1. The maximum Gasteiger partial charge on any atom is 0.330 e. The number of hydrogen-bond donors (Lipinski definition) is 2. The van der Waals surface area contributed by atoms with E-state index in [0.29, 0.717) is 6.61 Å². The summed E-state index contributed by atoms with van der Waals surface area (Å²) in [6.07, 6.45) is 3.93. The molecule has 0 atom stereocenters. The zero-order valence-electron chi connectivity index (χ0n) is 11.3. The number of nitrogens with one attached hydrogen (secondary N) is 1. The number of esters is 1. The molecule has 0 saturated heterocycles. The highest BCUT2D eigenvalue weighted by atomic mass is 16.5. The molecular formula is C15H21NO3. The quantitative estimate of drug-likeness (QED) is 0.426. The van der Waals surface area contributed by atoms with Gasteiger partial charge in [-0.25, -0.2) is 4.79 Å². The number of benzene rings is 1. The van der Waals surface area contributed by atoms with E-state index in [1.807, 2.05) is 24.3 Å². The minimum Gasteiger partial charge on any atom is -0.463 e. The number of aliphatic hydroxyl groups excluding tert-OH is 1. The van der Waals surface area contributed by atoms with Gasteiger partial charge >= 0.3 is 5.97 Å². The molecule has 104 valence electrons. The highest BCUT2D eigenvalue weighted by Gasteiger charge is 1.95. The molecule has 0 spiro atoms. The van der Waals surface area contributed by atoms with Crippen LogP contribution in [0.5, 0.6) is 0 Å². The molecule has 19 heavy (non-hydrogen) atoms. The molecule has 1 rings (SSSR count). The van der Waals surface area contributed by atoms with Gasteiger partial charge in [0.1, 0.15) is 0 Å². The third kappa shape index (κ3) is 6.74. The average molecular weight is 263 g/mol. The van der Waals surface area contributed by atoms with Gasteiger partial charge in [0.15, 0.2) is 0 Å². The van der Waals surface area contributed by atoms with Gasteiger partial charge in [0.05, 0.1) is 6.61 Å². The topological polar surface area (TPSA) is 58.6 Å². The first-order chi connectivity index (χ1) is 9.26. The maximum atomic E-state index is 11.1. The van der Waals surface area contributed by atoms with Crippen molar-refractivity contribution in [2.45, 2.75) is 19.9 Å². The Kier molecular flexibility index (Phi) is 7.54. The zero-order valence-corrected chi connectivity index (χ0v) is 11.3. The van der Waals surface area contributed by atoms with Crippen molar-refractivity contribution in [1.29, 1.82) is 0 Å². The molecule has 1 aromatic rings. The zero-order chi connectivity index (χ0) is 13.9. The Labute approximate surface area is 114 Å². The first kappa shape index (κ1) is 15.4. The summed E-state index contributed by atoms with van der Waals surface area (Å²) in [4.78, 5) is 11.1. The highest BCUT2D eigenvalue weighted by Crippen LogP contribution is 2.06. The second-order valence-corrected chi connectivity index (χ2v) is 4.08. The standard InChI is InChI=1S/C15H21NO3/c1-2-19-15(18)9-8-13-4-6-14(7-5-13)12-16-10-3-11-17/h4-9,16-17H,2-3,10-12H2,1H3/b9-8+. The number of rotatable bonds is 8. The van der Waals surface area contributed by atoms with Crippen LogP contribution in [0, 0.1) is 0 Å². The van der Waals surface area contributed by atoms with Crippen molar-refractivity contribution in [1.82, 2.24) is 5.32 Å². The number of aliphatic hydroxyl groups is 1. The van der Waals surface area contributed by atoms with Gasteiger partial charge in [-0.15, -0.1) is 0 Å². The molecule has 0 aliphatic heterocycles. The van der Waals surface area contributed by atoms with Gasteiger partial charge in [-0.05, 0) is 37.1 Å². The van der Waals surface area contributed by atoms with Gasteiger partial charge in [0, 0.05) is 19.2 Å². The predicted molar refractivity (Wildman–Crippen MR) is 75.5 cm³/mol. The largest absolute Gasteiger partial charge is 0.463 e.